The predicted molar refractivity (Wildman–Crippen MR) is 118 cm³/mol. The Kier molecular flexibility index (Phi) is 4.47. The number of aromatic hydroxyl groups is 1. The molecule has 2 aromatic carbocycles. The first-order chi connectivity index (χ1) is 15.1. The van der Waals surface area contributed by atoms with Crippen LogP contribution in [-0.2, 0) is 18.3 Å². The molecule has 3 aromatic rings. The van der Waals surface area contributed by atoms with Gasteiger partial charge in [-0.25, -0.2) is 4.98 Å². The number of rotatable bonds is 2. The van der Waals surface area contributed by atoms with E-state index in [0.29, 0.717) is 11.7 Å². The Bertz CT molecular complexity index is 1120. The van der Waals surface area contributed by atoms with E-state index in [0.717, 1.165) is 68.8 Å². The lowest BCUT2D eigenvalue weighted by Crippen LogP contribution is -2.57. The van der Waals surface area contributed by atoms with Gasteiger partial charge in [0.25, 0.3) is 0 Å². The highest BCUT2D eigenvalue weighted by Crippen LogP contribution is 2.55. The van der Waals surface area contributed by atoms with Gasteiger partial charge in [0.2, 0.25) is 0 Å². The number of para-hydroxylation sites is 3. The van der Waals surface area contributed by atoms with Crippen LogP contribution >= 0.6 is 0 Å². The fourth-order valence-corrected chi connectivity index (χ4v) is 5.88. The molecule has 162 valence electrons. The number of aromatic nitrogens is 2. The Morgan fingerprint density at radius 1 is 1.13 bits per heavy atom. The maximum Gasteiger partial charge on any atom is 0.167 e. The number of benzene rings is 2. The number of phenolic OH excluding ortho intramolecular Hbond substituents is 1. The molecule has 6 rings (SSSR count). The van der Waals surface area contributed by atoms with Gasteiger partial charge in [0.15, 0.2) is 11.5 Å². The fourth-order valence-electron chi connectivity index (χ4n) is 5.88. The van der Waals surface area contributed by atoms with E-state index in [9.17, 15) is 5.11 Å². The highest BCUT2D eigenvalue weighted by Gasteiger charge is 2.53. The van der Waals surface area contributed by atoms with E-state index in [1.54, 1.807) is 6.07 Å². The highest BCUT2D eigenvalue weighted by molar-refractivity contribution is 5.75. The summed E-state index contributed by atoms with van der Waals surface area (Å²) in [5.74, 6) is 2.30. The summed E-state index contributed by atoms with van der Waals surface area (Å²) in [6, 6.07) is 14.0. The van der Waals surface area contributed by atoms with Gasteiger partial charge in [0.1, 0.15) is 11.4 Å². The van der Waals surface area contributed by atoms with Crippen molar-refractivity contribution in [1.29, 1.82) is 0 Å². The van der Waals surface area contributed by atoms with Gasteiger partial charge in [-0.3, -0.25) is 4.90 Å². The molecule has 0 unspecified atom stereocenters. The van der Waals surface area contributed by atoms with Crippen molar-refractivity contribution < 1.29 is 14.6 Å². The third kappa shape index (κ3) is 3.04. The summed E-state index contributed by atoms with van der Waals surface area (Å²) >= 11 is 0. The largest absolute Gasteiger partial charge is 0.504 e. The minimum absolute atomic E-state index is 0.0241. The average molecular weight is 420 g/mol. The van der Waals surface area contributed by atoms with Crippen molar-refractivity contribution in [2.24, 2.45) is 13.0 Å². The molecule has 0 amide bonds. The van der Waals surface area contributed by atoms with Crippen molar-refractivity contribution in [1.82, 2.24) is 14.5 Å². The van der Waals surface area contributed by atoms with Gasteiger partial charge in [-0.2, -0.15) is 0 Å². The first kappa shape index (κ1) is 19.1. The number of imidazole rings is 1. The second kappa shape index (κ2) is 7.24. The number of nitrogens with zero attached hydrogens (tertiary/aromatic N) is 3. The summed E-state index contributed by atoms with van der Waals surface area (Å²) in [5, 5.41) is 10.5. The molecule has 1 spiro atoms. The molecule has 4 heterocycles. The SMILES string of the molecule is Cn1c(CN2CCC3(CC2)Oc2c(O)cccc2[C@H]2OCCC[C@@H]23)nc2ccccc21. The Morgan fingerprint density at radius 2 is 1.97 bits per heavy atom. The minimum Gasteiger partial charge on any atom is -0.504 e. The van der Waals surface area contributed by atoms with E-state index in [1.165, 1.54) is 5.52 Å². The third-order valence-electron chi connectivity index (χ3n) is 7.58. The van der Waals surface area contributed by atoms with Gasteiger partial charge in [0.05, 0.1) is 23.7 Å². The lowest BCUT2D eigenvalue weighted by Gasteiger charge is -2.53. The van der Waals surface area contributed by atoms with Gasteiger partial charge in [-0.1, -0.05) is 24.3 Å². The van der Waals surface area contributed by atoms with Crippen LogP contribution in [0.25, 0.3) is 11.0 Å². The van der Waals surface area contributed by atoms with Crippen LogP contribution in [0.3, 0.4) is 0 Å². The number of piperidine rings is 1. The quantitative estimate of drug-likeness (QED) is 0.676. The molecule has 31 heavy (non-hydrogen) atoms. The van der Waals surface area contributed by atoms with E-state index in [4.69, 9.17) is 14.5 Å². The Morgan fingerprint density at radius 3 is 2.81 bits per heavy atom. The second-order valence-electron chi connectivity index (χ2n) is 9.25. The molecule has 3 aliphatic heterocycles. The van der Waals surface area contributed by atoms with Crippen molar-refractivity contribution in [2.75, 3.05) is 19.7 Å². The highest BCUT2D eigenvalue weighted by atomic mass is 16.5. The first-order valence-electron chi connectivity index (χ1n) is 11.4. The number of phenols is 1. The van der Waals surface area contributed by atoms with E-state index < -0.39 is 0 Å². The van der Waals surface area contributed by atoms with Gasteiger partial charge < -0.3 is 19.1 Å². The maximum absolute atomic E-state index is 10.5. The molecule has 0 aliphatic carbocycles. The molecule has 2 fully saturated rings. The number of ether oxygens (including phenoxy) is 2. The average Bonchev–Trinajstić information content (AvgIpc) is 3.12. The molecule has 6 heteroatoms. The van der Waals surface area contributed by atoms with Crippen LogP contribution in [-0.4, -0.2) is 44.9 Å². The summed E-state index contributed by atoms with van der Waals surface area (Å²) < 4.78 is 15.1. The number of likely N-dealkylation sites (tertiary alicyclic amines) is 1. The molecule has 3 aliphatic rings. The van der Waals surface area contributed by atoms with Crippen LogP contribution < -0.4 is 4.74 Å². The smallest absolute Gasteiger partial charge is 0.167 e. The van der Waals surface area contributed by atoms with E-state index in [1.807, 2.05) is 18.2 Å². The lowest BCUT2D eigenvalue weighted by molar-refractivity contribution is -0.150. The molecule has 1 aromatic heterocycles. The fraction of sp³-hybridized carbons (Fsp3) is 0.480. The maximum atomic E-state index is 10.5. The normalized spacial score (nSPS) is 25.2. The van der Waals surface area contributed by atoms with E-state index >= 15 is 0 Å². The zero-order chi connectivity index (χ0) is 21.0. The zero-order valence-corrected chi connectivity index (χ0v) is 18.0. The van der Waals surface area contributed by atoms with Gasteiger partial charge in [-0.05, 0) is 31.0 Å². The first-order valence-corrected chi connectivity index (χ1v) is 11.4. The van der Waals surface area contributed by atoms with Crippen LogP contribution in [0.4, 0.5) is 0 Å². The third-order valence-corrected chi connectivity index (χ3v) is 7.58. The molecule has 0 saturated carbocycles. The molecule has 0 bridgehead atoms. The van der Waals surface area contributed by atoms with Crippen LogP contribution in [0, 0.1) is 5.92 Å². The Labute approximate surface area is 182 Å². The second-order valence-corrected chi connectivity index (χ2v) is 9.25. The minimum atomic E-state index is -0.264. The van der Waals surface area contributed by atoms with Crippen LogP contribution in [0.15, 0.2) is 42.5 Å². The monoisotopic (exact) mass is 419 g/mol. The summed E-state index contributed by atoms with van der Waals surface area (Å²) in [5.41, 5.74) is 2.98. The van der Waals surface area contributed by atoms with Crippen molar-refractivity contribution >= 4 is 11.0 Å². The number of aryl methyl sites for hydroxylation is 1. The number of hydrogen-bond donors (Lipinski definition) is 1. The molecule has 1 N–H and O–H groups in total. The Balaban J connectivity index is 1.24. The van der Waals surface area contributed by atoms with Gasteiger partial charge in [0, 0.05) is 51.1 Å². The van der Waals surface area contributed by atoms with Crippen molar-refractivity contribution in [3.05, 3.63) is 53.9 Å². The van der Waals surface area contributed by atoms with E-state index in [2.05, 4.69) is 34.7 Å². The van der Waals surface area contributed by atoms with Crippen LogP contribution in [0.2, 0.25) is 0 Å². The molecule has 6 nitrogen and oxygen atoms in total. The summed E-state index contributed by atoms with van der Waals surface area (Å²) in [4.78, 5) is 7.34. The van der Waals surface area contributed by atoms with Gasteiger partial charge >= 0.3 is 0 Å². The van der Waals surface area contributed by atoms with E-state index in [-0.39, 0.29) is 17.5 Å². The van der Waals surface area contributed by atoms with Crippen LogP contribution in [0.5, 0.6) is 11.5 Å². The standard InChI is InChI=1S/C25H29N3O3/c1-27-20-9-3-2-8-19(20)26-22(27)16-28-13-11-25(12-14-28)18-7-5-15-30-23(18)17-6-4-10-21(29)24(17)31-25/h2-4,6,8-10,18,23,29H,5,7,11-16H2,1H3/t18-,23+/m0/s1. The number of fused-ring (bicyclic) bond motifs is 5. The molecular weight excluding hydrogens is 390 g/mol. The molecule has 2 atom stereocenters. The van der Waals surface area contributed by atoms with Crippen molar-refractivity contribution in [3.63, 3.8) is 0 Å². The molecular formula is C25H29N3O3. The predicted octanol–water partition coefficient (Wildman–Crippen LogP) is 4.17. The van der Waals surface area contributed by atoms with Crippen LogP contribution in [0.1, 0.15) is 43.2 Å². The summed E-state index contributed by atoms with van der Waals surface area (Å²) in [7, 11) is 2.10. The van der Waals surface area contributed by atoms with Crippen molar-refractivity contribution in [3.8, 4) is 11.5 Å². The summed E-state index contributed by atoms with van der Waals surface area (Å²) in [6.07, 6.45) is 4.09. The van der Waals surface area contributed by atoms with Crippen molar-refractivity contribution in [2.45, 2.75) is 43.9 Å². The molecule has 0 radical (unpaired) electrons. The molecule has 2 saturated heterocycles. The summed E-state index contributed by atoms with van der Waals surface area (Å²) in [6.45, 7) is 3.53. The topological polar surface area (TPSA) is 59.8 Å². The zero-order valence-electron chi connectivity index (χ0n) is 18.0. The van der Waals surface area contributed by atoms with Gasteiger partial charge in [-0.15, -0.1) is 0 Å². The lowest BCUT2D eigenvalue weighted by atomic mass is 9.70. The number of hydrogen-bond acceptors (Lipinski definition) is 5. The Hall–Kier alpha value is -2.57.